The zero-order chi connectivity index (χ0) is 12.5. The molecule has 1 aliphatic carbocycles. The van der Waals surface area contributed by atoms with Gasteiger partial charge in [0.1, 0.15) is 0 Å². The lowest BCUT2D eigenvalue weighted by Gasteiger charge is -2.41. The van der Waals surface area contributed by atoms with Crippen molar-refractivity contribution >= 4 is 17.1 Å². The highest BCUT2D eigenvalue weighted by molar-refractivity contribution is 5.62. The summed E-state index contributed by atoms with van der Waals surface area (Å²) in [5.41, 5.74) is 6.17. The Morgan fingerprint density at radius 3 is 2.65 bits per heavy atom. The van der Waals surface area contributed by atoms with Crippen molar-refractivity contribution in [2.45, 2.75) is 24.8 Å². The van der Waals surface area contributed by atoms with E-state index >= 15 is 0 Å². The van der Waals surface area contributed by atoms with Crippen molar-refractivity contribution in [1.29, 1.82) is 0 Å². The molecule has 6 heteroatoms. The van der Waals surface area contributed by atoms with Gasteiger partial charge in [-0.3, -0.25) is 10.1 Å². The molecule has 0 aliphatic heterocycles. The molecule has 1 fully saturated rings. The van der Waals surface area contributed by atoms with Gasteiger partial charge < -0.3 is 16.2 Å². The summed E-state index contributed by atoms with van der Waals surface area (Å²) >= 11 is 0. The predicted octanol–water partition coefficient (Wildman–Crippen LogP) is 1.50. The fourth-order valence-corrected chi connectivity index (χ4v) is 2.04. The van der Waals surface area contributed by atoms with Crippen molar-refractivity contribution in [3.05, 3.63) is 28.3 Å². The highest BCUT2D eigenvalue weighted by Gasteiger charge is 2.36. The Hall–Kier alpha value is -1.82. The SMILES string of the molecule is Nc1cc(NC2(CO)CCC2)cc([N+](=O)[O-])c1. The van der Waals surface area contributed by atoms with Crippen molar-refractivity contribution in [2.75, 3.05) is 17.7 Å². The van der Waals surface area contributed by atoms with Gasteiger partial charge in [0.25, 0.3) is 5.69 Å². The normalized spacial score (nSPS) is 17.2. The number of benzene rings is 1. The summed E-state index contributed by atoms with van der Waals surface area (Å²) in [7, 11) is 0. The summed E-state index contributed by atoms with van der Waals surface area (Å²) in [6.07, 6.45) is 2.79. The summed E-state index contributed by atoms with van der Waals surface area (Å²) in [4.78, 5) is 10.2. The standard InChI is InChI=1S/C11H15N3O3/c12-8-4-9(6-10(5-8)14(16)17)13-11(7-15)2-1-3-11/h4-6,13,15H,1-3,7,12H2. The molecular formula is C11H15N3O3. The van der Waals surface area contributed by atoms with Gasteiger partial charge in [0, 0.05) is 23.5 Å². The molecule has 0 unspecified atom stereocenters. The fraction of sp³-hybridized carbons (Fsp3) is 0.455. The van der Waals surface area contributed by atoms with Crippen LogP contribution >= 0.6 is 0 Å². The molecule has 1 saturated carbocycles. The largest absolute Gasteiger partial charge is 0.398 e. The molecule has 2 rings (SSSR count). The molecule has 0 radical (unpaired) electrons. The Balaban J connectivity index is 2.23. The summed E-state index contributed by atoms with van der Waals surface area (Å²) in [6, 6.07) is 4.40. The molecule has 0 aromatic heterocycles. The number of hydrogen-bond donors (Lipinski definition) is 3. The van der Waals surface area contributed by atoms with E-state index in [0.29, 0.717) is 11.4 Å². The maximum absolute atomic E-state index is 10.7. The fourth-order valence-electron chi connectivity index (χ4n) is 2.04. The van der Waals surface area contributed by atoms with Crippen molar-refractivity contribution in [3.63, 3.8) is 0 Å². The lowest BCUT2D eigenvalue weighted by atomic mass is 9.77. The first-order valence-corrected chi connectivity index (χ1v) is 5.49. The Kier molecular flexibility index (Phi) is 2.89. The third kappa shape index (κ3) is 2.31. The number of nitrogens with zero attached hydrogens (tertiary/aromatic N) is 1. The average molecular weight is 237 g/mol. The Bertz CT molecular complexity index is 438. The topological polar surface area (TPSA) is 101 Å². The van der Waals surface area contributed by atoms with Crippen LogP contribution in [0.1, 0.15) is 19.3 Å². The molecule has 0 spiro atoms. The van der Waals surface area contributed by atoms with E-state index in [1.54, 1.807) is 6.07 Å². The average Bonchev–Trinajstić information content (AvgIpc) is 2.22. The Morgan fingerprint density at radius 1 is 1.47 bits per heavy atom. The summed E-state index contributed by atoms with van der Waals surface area (Å²) in [6.45, 7) is 0.0234. The number of nitro benzene ring substituents is 1. The van der Waals surface area contributed by atoms with Gasteiger partial charge in [0.2, 0.25) is 0 Å². The smallest absolute Gasteiger partial charge is 0.273 e. The number of nitrogens with two attached hydrogens (primary N) is 1. The van der Waals surface area contributed by atoms with E-state index in [9.17, 15) is 15.2 Å². The van der Waals surface area contributed by atoms with E-state index in [1.165, 1.54) is 12.1 Å². The molecule has 0 atom stereocenters. The van der Waals surface area contributed by atoms with Crippen molar-refractivity contribution < 1.29 is 10.0 Å². The number of aliphatic hydroxyl groups excluding tert-OH is 1. The number of non-ortho nitro benzene ring substituents is 1. The lowest BCUT2D eigenvalue weighted by Crippen LogP contribution is -2.48. The quantitative estimate of drug-likeness (QED) is 0.418. The number of rotatable bonds is 4. The second kappa shape index (κ2) is 4.21. The van der Waals surface area contributed by atoms with E-state index in [0.717, 1.165) is 19.3 Å². The third-order valence-electron chi connectivity index (χ3n) is 3.17. The molecule has 1 aromatic rings. The van der Waals surface area contributed by atoms with E-state index in [4.69, 9.17) is 5.73 Å². The molecule has 17 heavy (non-hydrogen) atoms. The Labute approximate surface area is 98.6 Å². The van der Waals surface area contributed by atoms with Gasteiger partial charge in [-0.25, -0.2) is 0 Å². The second-order valence-electron chi connectivity index (χ2n) is 4.49. The van der Waals surface area contributed by atoms with Crippen LogP contribution in [0.5, 0.6) is 0 Å². The molecule has 1 aliphatic rings. The maximum atomic E-state index is 10.7. The maximum Gasteiger partial charge on any atom is 0.273 e. The van der Waals surface area contributed by atoms with Crippen LogP contribution in [0.15, 0.2) is 18.2 Å². The molecule has 0 amide bonds. The first-order chi connectivity index (χ1) is 8.04. The molecule has 0 bridgehead atoms. The first-order valence-electron chi connectivity index (χ1n) is 5.49. The van der Waals surface area contributed by atoms with Crippen LogP contribution in [-0.4, -0.2) is 22.2 Å². The van der Waals surface area contributed by atoms with E-state index in [1.807, 2.05) is 0 Å². The van der Waals surface area contributed by atoms with Gasteiger partial charge in [0.15, 0.2) is 0 Å². The van der Waals surface area contributed by atoms with Gasteiger partial charge in [-0.05, 0) is 25.3 Å². The van der Waals surface area contributed by atoms with Gasteiger partial charge in [-0.15, -0.1) is 0 Å². The summed E-state index contributed by atoms with van der Waals surface area (Å²) in [5, 5.41) is 23.2. The minimum absolute atomic E-state index is 0.0234. The molecule has 4 N–H and O–H groups in total. The minimum Gasteiger partial charge on any atom is -0.398 e. The molecular weight excluding hydrogens is 222 g/mol. The highest BCUT2D eigenvalue weighted by atomic mass is 16.6. The summed E-state index contributed by atoms with van der Waals surface area (Å²) < 4.78 is 0. The van der Waals surface area contributed by atoms with E-state index in [2.05, 4.69) is 5.32 Å². The van der Waals surface area contributed by atoms with E-state index < -0.39 is 4.92 Å². The van der Waals surface area contributed by atoms with Gasteiger partial charge >= 0.3 is 0 Å². The number of nitrogen functional groups attached to an aromatic ring is 1. The molecule has 6 nitrogen and oxygen atoms in total. The van der Waals surface area contributed by atoms with Crippen LogP contribution in [0.3, 0.4) is 0 Å². The molecule has 1 aromatic carbocycles. The van der Waals surface area contributed by atoms with E-state index in [-0.39, 0.29) is 17.8 Å². The number of nitro groups is 1. The molecule has 92 valence electrons. The van der Waals surface area contributed by atoms with Crippen molar-refractivity contribution in [2.24, 2.45) is 0 Å². The van der Waals surface area contributed by atoms with Crippen LogP contribution < -0.4 is 11.1 Å². The molecule has 0 saturated heterocycles. The first kappa shape index (κ1) is 11.7. The Morgan fingerprint density at radius 2 is 2.18 bits per heavy atom. The lowest BCUT2D eigenvalue weighted by molar-refractivity contribution is -0.384. The number of aliphatic hydroxyl groups is 1. The van der Waals surface area contributed by atoms with Gasteiger partial charge in [-0.2, -0.15) is 0 Å². The zero-order valence-electron chi connectivity index (χ0n) is 9.35. The number of nitrogens with one attached hydrogen (secondary N) is 1. The van der Waals surface area contributed by atoms with Crippen molar-refractivity contribution in [1.82, 2.24) is 0 Å². The van der Waals surface area contributed by atoms with Gasteiger partial charge in [-0.1, -0.05) is 0 Å². The van der Waals surface area contributed by atoms with Crippen LogP contribution in [0.4, 0.5) is 17.1 Å². The highest BCUT2D eigenvalue weighted by Crippen LogP contribution is 2.36. The molecule has 0 heterocycles. The second-order valence-corrected chi connectivity index (χ2v) is 4.49. The number of hydrogen-bond acceptors (Lipinski definition) is 5. The van der Waals surface area contributed by atoms with Crippen LogP contribution in [0, 0.1) is 10.1 Å². The summed E-state index contributed by atoms with van der Waals surface area (Å²) in [5.74, 6) is 0. The van der Waals surface area contributed by atoms with Gasteiger partial charge in [0.05, 0.1) is 17.1 Å². The number of anilines is 2. The van der Waals surface area contributed by atoms with Crippen molar-refractivity contribution in [3.8, 4) is 0 Å². The third-order valence-corrected chi connectivity index (χ3v) is 3.17. The predicted molar refractivity (Wildman–Crippen MR) is 64.8 cm³/mol. The van der Waals surface area contributed by atoms with Crippen LogP contribution in [-0.2, 0) is 0 Å². The zero-order valence-corrected chi connectivity index (χ0v) is 9.35. The van der Waals surface area contributed by atoms with Crippen LogP contribution in [0.2, 0.25) is 0 Å². The van der Waals surface area contributed by atoms with Crippen LogP contribution in [0.25, 0.3) is 0 Å². The minimum atomic E-state index is -0.478. The monoisotopic (exact) mass is 237 g/mol.